The maximum absolute atomic E-state index is 13.0. The third-order valence-corrected chi connectivity index (χ3v) is 4.94. The van der Waals surface area contributed by atoms with Crippen LogP contribution in [0.5, 0.6) is 17.2 Å². The van der Waals surface area contributed by atoms with E-state index < -0.39 is 34.0 Å². The van der Waals surface area contributed by atoms with Crippen molar-refractivity contribution in [2.24, 2.45) is 0 Å². The van der Waals surface area contributed by atoms with E-state index in [2.05, 4.69) is 5.32 Å². The first-order chi connectivity index (χ1) is 17.6. The fraction of sp³-hybridized carbons (Fsp3) is 0.154. The highest BCUT2D eigenvalue weighted by Crippen LogP contribution is 2.40. The van der Waals surface area contributed by atoms with Crippen molar-refractivity contribution in [2.75, 3.05) is 6.61 Å². The predicted molar refractivity (Wildman–Crippen MR) is 128 cm³/mol. The molecule has 1 amide bonds. The van der Waals surface area contributed by atoms with Gasteiger partial charge in [-0.3, -0.25) is 14.9 Å². The standard InChI is InChI=1S/C26H20F3N3O5/c1-2-36-24-13-18(12-19(15-30)25(33)31-16-17-6-4-3-5-7-17)8-10-23(24)37-22-11-9-20(26(27,28)29)14-21(22)32(34)35/h3-14H,2,16H2,1H3,(H,31,33)/b19-12+. The Hall–Kier alpha value is -4.85. The van der Waals surface area contributed by atoms with Gasteiger partial charge >= 0.3 is 11.9 Å². The summed E-state index contributed by atoms with van der Waals surface area (Å²) >= 11 is 0. The molecule has 3 rings (SSSR count). The lowest BCUT2D eigenvalue weighted by Crippen LogP contribution is -2.23. The second kappa shape index (κ2) is 11.7. The van der Waals surface area contributed by atoms with Crippen LogP contribution < -0.4 is 14.8 Å². The van der Waals surface area contributed by atoms with Crippen molar-refractivity contribution in [1.29, 1.82) is 5.26 Å². The van der Waals surface area contributed by atoms with Crippen molar-refractivity contribution in [3.8, 4) is 23.3 Å². The van der Waals surface area contributed by atoms with E-state index in [0.29, 0.717) is 17.7 Å². The molecule has 0 heterocycles. The average molecular weight is 511 g/mol. The van der Waals surface area contributed by atoms with Gasteiger partial charge in [0.05, 0.1) is 17.1 Å². The molecular weight excluding hydrogens is 491 g/mol. The number of amides is 1. The molecule has 0 radical (unpaired) electrons. The first kappa shape index (κ1) is 26.7. The minimum Gasteiger partial charge on any atom is -0.490 e. The van der Waals surface area contributed by atoms with Crippen LogP contribution >= 0.6 is 0 Å². The summed E-state index contributed by atoms with van der Waals surface area (Å²) in [5, 5.41) is 23.5. The molecule has 190 valence electrons. The molecule has 0 fully saturated rings. The summed E-state index contributed by atoms with van der Waals surface area (Å²) in [5.41, 5.74) is -0.991. The topological polar surface area (TPSA) is 114 Å². The number of carbonyl (C=O) groups is 1. The molecule has 0 saturated carbocycles. The number of nitro groups is 1. The molecule has 0 atom stereocenters. The summed E-state index contributed by atoms with van der Waals surface area (Å²) in [6, 6.07) is 17.2. The molecular formula is C26H20F3N3O5. The zero-order chi connectivity index (χ0) is 27.0. The van der Waals surface area contributed by atoms with Crippen LogP contribution in [0, 0.1) is 21.4 Å². The van der Waals surface area contributed by atoms with E-state index in [0.717, 1.165) is 11.6 Å². The maximum Gasteiger partial charge on any atom is 0.416 e. The predicted octanol–water partition coefficient (Wildman–Crippen LogP) is 6.03. The first-order valence-electron chi connectivity index (χ1n) is 10.9. The Balaban J connectivity index is 1.87. The summed E-state index contributed by atoms with van der Waals surface area (Å²) in [5.74, 6) is -0.911. The van der Waals surface area contributed by atoms with Gasteiger partial charge in [-0.05, 0) is 48.4 Å². The van der Waals surface area contributed by atoms with Gasteiger partial charge in [0.2, 0.25) is 5.75 Å². The Bertz CT molecular complexity index is 1370. The first-order valence-corrected chi connectivity index (χ1v) is 10.9. The van der Waals surface area contributed by atoms with Gasteiger partial charge in [-0.1, -0.05) is 36.4 Å². The third kappa shape index (κ3) is 7.08. The van der Waals surface area contributed by atoms with Crippen LogP contribution in [0.25, 0.3) is 6.08 Å². The Morgan fingerprint density at radius 2 is 1.78 bits per heavy atom. The smallest absolute Gasteiger partial charge is 0.416 e. The Labute approximate surface area is 209 Å². The molecule has 11 heteroatoms. The molecule has 8 nitrogen and oxygen atoms in total. The van der Waals surface area contributed by atoms with Gasteiger partial charge in [0.25, 0.3) is 5.91 Å². The molecule has 0 aliphatic heterocycles. The lowest BCUT2D eigenvalue weighted by molar-refractivity contribution is -0.385. The van der Waals surface area contributed by atoms with Crippen LogP contribution in [0.15, 0.2) is 72.3 Å². The van der Waals surface area contributed by atoms with Crippen molar-refractivity contribution in [3.63, 3.8) is 0 Å². The molecule has 1 N–H and O–H groups in total. The largest absolute Gasteiger partial charge is 0.490 e. The number of rotatable bonds is 9. The number of hydrogen-bond donors (Lipinski definition) is 1. The van der Waals surface area contributed by atoms with E-state index in [4.69, 9.17) is 9.47 Å². The Kier molecular flexibility index (Phi) is 8.47. The zero-order valence-electron chi connectivity index (χ0n) is 19.4. The summed E-state index contributed by atoms with van der Waals surface area (Å²) in [4.78, 5) is 22.9. The highest BCUT2D eigenvalue weighted by Gasteiger charge is 2.33. The van der Waals surface area contributed by atoms with Crippen LogP contribution in [0.2, 0.25) is 0 Å². The number of alkyl halides is 3. The fourth-order valence-corrected chi connectivity index (χ4v) is 3.20. The number of nitrogens with zero attached hydrogens (tertiary/aromatic N) is 2. The summed E-state index contributed by atoms with van der Waals surface area (Å²) < 4.78 is 50.0. The lowest BCUT2D eigenvalue weighted by atomic mass is 10.1. The van der Waals surface area contributed by atoms with E-state index in [1.54, 1.807) is 6.92 Å². The minimum absolute atomic E-state index is 0.00565. The van der Waals surface area contributed by atoms with Crippen LogP contribution in [-0.4, -0.2) is 17.4 Å². The Morgan fingerprint density at radius 3 is 2.41 bits per heavy atom. The molecule has 0 unspecified atom stereocenters. The molecule has 0 saturated heterocycles. The van der Waals surface area contributed by atoms with Crippen molar-refractivity contribution in [1.82, 2.24) is 5.32 Å². The fourth-order valence-electron chi connectivity index (χ4n) is 3.20. The Morgan fingerprint density at radius 1 is 1.08 bits per heavy atom. The SMILES string of the molecule is CCOc1cc(/C=C(\C#N)C(=O)NCc2ccccc2)ccc1Oc1ccc(C(F)(F)F)cc1[N+](=O)[O-]. The number of carbonyl (C=O) groups excluding carboxylic acids is 1. The number of hydrogen-bond acceptors (Lipinski definition) is 6. The number of nitrogens with one attached hydrogen (secondary N) is 1. The molecule has 0 bridgehead atoms. The number of halogens is 3. The molecule has 3 aromatic rings. The van der Waals surface area contributed by atoms with E-state index in [1.807, 2.05) is 36.4 Å². The van der Waals surface area contributed by atoms with Crippen molar-refractivity contribution >= 4 is 17.7 Å². The quantitative estimate of drug-likeness (QED) is 0.162. The zero-order valence-corrected chi connectivity index (χ0v) is 19.4. The normalized spacial score (nSPS) is 11.4. The minimum atomic E-state index is -4.76. The monoisotopic (exact) mass is 511 g/mol. The number of benzene rings is 3. The van der Waals surface area contributed by atoms with Gasteiger partial charge in [-0.15, -0.1) is 0 Å². The summed E-state index contributed by atoms with van der Waals surface area (Å²) in [7, 11) is 0. The van der Waals surface area contributed by atoms with Crippen LogP contribution in [0.3, 0.4) is 0 Å². The molecule has 0 aliphatic carbocycles. The molecule has 0 spiro atoms. The number of nitriles is 1. The van der Waals surface area contributed by atoms with Crippen molar-refractivity contribution < 1.29 is 32.4 Å². The maximum atomic E-state index is 13.0. The van der Waals surface area contributed by atoms with Gasteiger partial charge in [-0.2, -0.15) is 18.4 Å². The molecule has 0 aliphatic rings. The number of ether oxygens (including phenoxy) is 2. The van der Waals surface area contributed by atoms with Gasteiger partial charge in [0, 0.05) is 12.6 Å². The van der Waals surface area contributed by atoms with Crippen LogP contribution in [0.1, 0.15) is 23.6 Å². The van der Waals surface area contributed by atoms with Gasteiger partial charge in [-0.25, -0.2) is 0 Å². The van der Waals surface area contributed by atoms with Crippen LogP contribution in [-0.2, 0) is 17.5 Å². The van der Waals surface area contributed by atoms with E-state index in [9.17, 15) is 33.3 Å². The highest BCUT2D eigenvalue weighted by atomic mass is 19.4. The van der Waals surface area contributed by atoms with Crippen LogP contribution in [0.4, 0.5) is 18.9 Å². The van der Waals surface area contributed by atoms with Gasteiger partial charge in [0.1, 0.15) is 11.6 Å². The second-order valence-corrected chi connectivity index (χ2v) is 7.52. The van der Waals surface area contributed by atoms with Gasteiger partial charge in [0.15, 0.2) is 11.5 Å². The second-order valence-electron chi connectivity index (χ2n) is 7.52. The molecule has 3 aromatic carbocycles. The van der Waals surface area contributed by atoms with E-state index in [1.165, 1.54) is 24.3 Å². The average Bonchev–Trinajstić information content (AvgIpc) is 2.87. The van der Waals surface area contributed by atoms with Crippen molar-refractivity contribution in [2.45, 2.75) is 19.6 Å². The van der Waals surface area contributed by atoms with E-state index in [-0.39, 0.29) is 30.2 Å². The van der Waals surface area contributed by atoms with Crippen molar-refractivity contribution in [3.05, 3.63) is 99.1 Å². The summed E-state index contributed by atoms with van der Waals surface area (Å²) in [6.45, 7) is 2.06. The third-order valence-electron chi connectivity index (χ3n) is 4.94. The number of nitro benzene ring substituents is 1. The summed E-state index contributed by atoms with van der Waals surface area (Å²) in [6.07, 6.45) is -3.44. The van der Waals surface area contributed by atoms with Gasteiger partial charge < -0.3 is 14.8 Å². The van der Waals surface area contributed by atoms with E-state index >= 15 is 0 Å². The highest BCUT2D eigenvalue weighted by molar-refractivity contribution is 6.01. The molecule has 37 heavy (non-hydrogen) atoms. The lowest BCUT2D eigenvalue weighted by Gasteiger charge is -2.14. The molecule has 0 aromatic heterocycles.